The van der Waals surface area contributed by atoms with E-state index in [4.69, 9.17) is 4.74 Å². The number of nitrogens with zero attached hydrogens (tertiary/aromatic N) is 1. The normalized spacial score (nSPS) is 19.2. The highest BCUT2D eigenvalue weighted by Gasteiger charge is 2.25. The molecule has 1 aromatic carbocycles. The summed E-state index contributed by atoms with van der Waals surface area (Å²) in [5, 5.41) is 9.41. The largest absolute Gasteiger partial charge is 0.487 e. The van der Waals surface area contributed by atoms with Gasteiger partial charge in [0.25, 0.3) is 0 Å². The summed E-state index contributed by atoms with van der Waals surface area (Å²) in [6.45, 7) is 3.78. The molecule has 0 amide bonds. The summed E-state index contributed by atoms with van der Waals surface area (Å²) in [5.74, 6) is 0.918. The first-order chi connectivity index (χ1) is 7.65. The van der Waals surface area contributed by atoms with Crippen LogP contribution in [0.25, 0.3) is 0 Å². The molecule has 2 rings (SSSR count). The van der Waals surface area contributed by atoms with Crippen molar-refractivity contribution in [3.63, 3.8) is 0 Å². The summed E-state index contributed by atoms with van der Waals surface area (Å²) in [6.07, 6.45) is 0.632. The van der Waals surface area contributed by atoms with E-state index in [1.807, 2.05) is 24.3 Å². The molecule has 0 aliphatic carbocycles. The highest BCUT2D eigenvalue weighted by molar-refractivity contribution is 5.34. The van der Waals surface area contributed by atoms with Gasteiger partial charge in [0, 0.05) is 19.5 Å². The molecule has 16 heavy (non-hydrogen) atoms. The number of para-hydroxylation sites is 1. The Morgan fingerprint density at radius 3 is 2.75 bits per heavy atom. The molecule has 0 saturated carbocycles. The average Bonchev–Trinajstić information content (AvgIpc) is 2.17. The fourth-order valence-electron chi connectivity index (χ4n) is 2.00. The first-order valence-electron chi connectivity index (χ1n) is 5.76. The van der Waals surface area contributed by atoms with Crippen LogP contribution in [0.15, 0.2) is 24.3 Å². The van der Waals surface area contributed by atoms with Crippen molar-refractivity contribution >= 4 is 0 Å². The smallest absolute Gasteiger partial charge is 0.124 e. The Balaban J connectivity index is 2.01. The van der Waals surface area contributed by atoms with Crippen LogP contribution < -0.4 is 4.74 Å². The topological polar surface area (TPSA) is 32.7 Å². The maximum absolute atomic E-state index is 9.41. The van der Waals surface area contributed by atoms with Gasteiger partial charge in [0.2, 0.25) is 0 Å². The van der Waals surface area contributed by atoms with Gasteiger partial charge < -0.3 is 9.84 Å². The van der Waals surface area contributed by atoms with Crippen molar-refractivity contribution in [1.82, 2.24) is 4.90 Å². The van der Waals surface area contributed by atoms with Crippen molar-refractivity contribution < 1.29 is 9.84 Å². The quantitative estimate of drug-likeness (QED) is 0.832. The van der Waals surface area contributed by atoms with E-state index >= 15 is 0 Å². The van der Waals surface area contributed by atoms with Gasteiger partial charge in [0.1, 0.15) is 11.9 Å². The minimum atomic E-state index is -0.325. The maximum atomic E-state index is 9.41. The predicted molar refractivity (Wildman–Crippen MR) is 63.7 cm³/mol. The Labute approximate surface area is 96.6 Å². The summed E-state index contributed by atoms with van der Waals surface area (Å²) in [7, 11) is 2.08. The maximum Gasteiger partial charge on any atom is 0.124 e. The van der Waals surface area contributed by atoms with Gasteiger partial charge in [0.05, 0.1) is 6.10 Å². The van der Waals surface area contributed by atoms with Crippen LogP contribution in [-0.4, -0.2) is 42.4 Å². The van der Waals surface area contributed by atoms with E-state index in [1.54, 1.807) is 6.92 Å². The predicted octanol–water partition coefficient (Wildman–Crippen LogP) is 1.30. The zero-order valence-electron chi connectivity index (χ0n) is 9.89. The molecule has 3 heteroatoms. The fraction of sp³-hybridized carbons (Fsp3) is 0.538. The lowest BCUT2D eigenvalue weighted by atomic mass is 10.1. The molecular formula is C13H19NO2. The number of benzene rings is 1. The van der Waals surface area contributed by atoms with E-state index < -0.39 is 0 Å². The van der Waals surface area contributed by atoms with Gasteiger partial charge in [-0.15, -0.1) is 0 Å². The highest BCUT2D eigenvalue weighted by atomic mass is 16.5. The average molecular weight is 221 g/mol. The van der Waals surface area contributed by atoms with Gasteiger partial charge in [-0.2, -0.15) is 0 Å². The lowest BCUT2D eigenvalue weighted by molar-refractivity contribution is 0.0377. The summed E-state index contributed by atoms with van der Waals surface area (Å²) < 4.78 is 5.90. The Morgan fingerprint density at radius 1 is 1.44 bits per heavy atom. The molecule has 0 aromatic heterocycles. The number of aliphatic hydroxyl groups is 1. The first-order valence-corrected chi connectivity index (χ1v) is 5.76. The van der Waals surface area contributed by atoms with Crippen molar-refractivity contribution in [3.8, 4) is 5.75 Å². The molecule has 1 aliphatic rings. The van der Waals surface area contributed by atoms with E-state index in [0.717, 1.165) is 24.4 Å². The molecule has 88 valence electrons. The number of hydrogen-bond acceptors (Lipinski definition) is 3. The summed E-state index contributed by atoms with van der Waals surface area (Å²) in [4.78, 5) is 2.22. The summed E-state index contributed by atoms with van der Waals surface area (Å²) in [6, 6.07) is 7.96. The van der Waals surface area contributed by atoms with Crippen LogP contribution in [0.1, 0.15) is 12.5 Å². The van der Waals surface area contributed by atoms with E-state index in [9.17, 15) is 5.11 Å². The Bertz CT molecular complexity index is 346. The van der Waals surface area contributed by atoms with Crippen LogP contribution in [0.5, 0.6) is 5.75 Å². The summed E-state index contributed by atoms with van der Waals surface area (Å²) in [5.41, 5.74) is 1.09. The SMILES string of the molecule is CC(O)Cc1ccccc1OC1CN(C)C1. The summed E-state index contributed by atoms with van der Waals surface area (Å²) >= 11 is 0. The molecule has 1 saturated heterocycles. The molecule has 0 bridgehead atoms. The Kier molecular flexibility index (Phi) is 3.46. The fourth-order valence-corrected chi connectivity index (χ4v) is 2.00. The lowest BCUT2D eigenvalue weighted by Crippen LogP contribution is -2.51. The molecule has 1 atom stereocenters. The Morgan fingerprint density at radius 2 is 2.12 bits per heavy atom. The molecule has 1 N–H and O–H groups in total. The molecule has 0 spiro atoms. The van der Waals surface area contributed by atoms with Crippen molar-refractivity contribution in [1.29, 1.82) is 0 Å². The zero-order valence-corrected chi connectivity index (χ0v) is 9.89. The molecule has 0 radical (unpaired) electrons. The van der Waals surface area contributed by atoms with Gasteiger partial charge >= 0.3 is 0 Å². The highest BCUT2D eigenvalue weighted by Crippen LogP contribution is 2.23. The molecular weight excluding hydrogens is 202 g/mol. The van der Waals surface area contributed by atoms with Crippen molar-refractivity contribution in [2.75, 3.05) is 20.1 Å². The van der Waals surface area contributed by atoms with Crippen LogP contribution in [-0.2, 0) is 6.42 Å². The van der Waals surface area contributed by atoms with Crippen LogP contribution in [0.3, 0.4) is 0 Å². The molecule has 1 aromatic rings. The van der Waals surface area contributed by atoms with Crippen LogP contribution in [0.4, 0.5) is 0 Å². The molecule has 1 unspecified atom stereocenters. The number of hydrogen-bond donors (Lipinski definition) is 1. The van der Waals surface area contributed by atoms with Gasteiger partial charge in [-0.05, 0) is 25.6 Å². The van der Waals surface area contributed by atoms with Crippen molar-refractivity contribution in [3.05, 3.63) is 29.8 Å². The van der Waals surface area contributed by atoms with Gasteiger partial charge in [-0.1, -0.05) is 18.2 Å². The molecule has 1 aliphatic heterocycles. The minimum absolute atomic E-state index is 0.306. The molecule has 3 nitrogen and oxygen atoms in total. The van der Waals surface area contributed by atoms with Gasteiger partial charge in [-0.25, -0.2) is 0 Å². The molecule has 1 fully saturated rings. The van der Waals surface area contributed by atoms with Gasteiger partial charge in [0.15, 0.2) is 0 Å². The van der Waals surface area contributed by atoms with Gasteiger partial charge in [-0.3, -0.25) is 4.90 Å². The number of aliphatic hydroxyl groups excluding tert-OH is 1. The van der Waals surface area contributed by atoms with E-state index in [2.05, 4.69) is 11.9 Å². The van der Waals surface area contributed by atoms with Crippen molar-refractivity contribution in [2.24, 2.45) is 0 Å². The van der Waals surface area contributed by atoms with Crippen LogP contribution in [0, 0.1) is 0 Å². The standard InChI is InChI=1S/C13H19NO2/c1-10(15)7-11-5-3-4-6-13(11)16-12-8-14(2)9-12/h3-6,10,12,15H,7-9H2,1-2H3. The third-order valence-electron chi connectivity index (χ3n) is 2.81. The zero-order chi connectivity index (χ0) is 11.5. The number of likely N-dealkylation sites (tertiary alicyclic amines) is 1. The minimum Gasteiger partial charge on any atom is -0.487 e. The van der Waals surface area contributed by atoms with E-state index in [1.165, 1.54) is 0 Å². The monoisotopic (exact) mass is 221 g/mol. The number of rotatable bonds is 4. The second-order valence-electron chi connectivity index (χ2n) is 4.62. The van der Waals surface area contributed by atoms with Crippen LogP contribution in [0.2, 0.25) is 0 Å². The third kappa shape index (κ3) is 2.74. The second-order valence-corrected chi connectivity index (χ2v) is 4.62. The van der Waals surface area contributed by atoms with E-state index in [0.29, 0.717) is 12.5 Å². The van der Waals surface area contributed by atoms with Crippen molar-refractivity contribution in [2.45, 2.75) is 25.6 Å². The Hall–Kier alpha value is -1.06. The third-order valence-corrected chi connectivity index (χ3v) is 2.81. The molecule has 1 heterocycles. The first kappa shape index (κ1) is 11.4. The van der Waals surface area contributed by atoms with E-state index in [-0.39, 0.29) is 6.10 Å². The second kappa shape index (κ2) is 4.85. The number of ether oxygens (including phenoxy) is 1. The number of likely N-dealkylation sites (N-methyl/N-ethyl adjacent to an activating group) is 1. The van der Waals surface area contributed by atoms with Crippen LogP contribution >= 0.6 is 0 Å². The lowest BCUT2D eigenvalue weighted by Gasteiger charge is -2.36.